The summed E-state index contributed by atoms with van der Waals surface area (Å²) in [4.78, 5) is 27.1. The van der Waals surface area contributed by atoms with Gasteiger partial charge in [-0.25, -0.2) is 0 Å². The number of amides is 2. The summed E-state index contributed by atoms with van der Waals surface area (Å²) in [5.41, 5.74) is 2.10. The normalized spacial score (nSPS) is 25.5. The molecule has 7 heteroatoms. The van der Waals surface area contributed by atoms with E-state index >= 15 is 0 Å². The van der Waals surface area contributed by atoms with Gasteiger partial charge in [0.15, 0.2) is 0 Å². The van der Waals surface area contributed by atoms with Crippen LogP contribution in [0.15, 0.2) is 42.7 Å². The lowest BCUT2D eigenvalue weighted by Crippen LogP contribution is -2.43. The lowest BCUT2D eigenvalue weighted by atomic mass is 10.1. The summed E-state index contributed by atoms with van der Waals surface area (Å²) in [5, 5.41) is 10.2. The Balaban J connectivity index is 1.36. The zero-order valence-corrected chi connectivity index (χ0v) is 15.6. The molecular weight excluding hydrogens is 342 g/mol. The van der Waals surface area contributed by atoms with E-state index in [4.69, 9.17) is 0 Å². The predicted molar refractivity (Wildman–Crippen MR) is 101 cm³/mol. The highest BCUT2D eigenvalue weighted by molar-refractivity contribution is 5.86. The fourth-order valence-corrected chi connectivity index (χ4v) is 4.06. The van der Waals surface area contributed by atoms with Crippen molar-refractivity contribution in [1.29, 1.82) is 0 Å². The number of carbonyl (C=O) groups excluding carboxylic acids is 2. The maximum Gasteiger partial charge on any atom is 0.242 e. The van der Waals surface area contributed by atoms with Crippen LogP contribution in [0.5, 0.6) is 0 Å². The number of likely N-dealkylation sites (N-methyl/N-ethyl adjacent to an activating group) is 1. The molecular formula is C20H25N5O2. The first-order chi connectivity index (χ1) is 13.1. The molecule has 0 bridgehead atoms. The topological polar surface area (TPSA) is 79.3 Å². The van der Waals surface area contributed by atoms with Gasteiger partial charge < -0.3 is 15.5 Å². The van der Waals surface area contributed by atoms with Gasteiger partial charge in [0, 0.05) is 43.7 Å². The molecule has 1 aromatic carbocycles. The van der Waals surface area contributed by atoms with E-state index in [2.05, 4.69) is 27.9 Å². The van der Waals surface area contributed by atoms with Crippen LogP contribution in [-0.4, -0.2) is 52.2 Å². The Hall–Kier alpha value is -2.67. The van der Waals surface area contributed by atoms with Crippen molar-refractivity contribution < 1.29 is 9.59 Å². The van der Waals surface area contributed by atoms with Crippen molar-refractivity contribution in [1.82, 2.24) is 25.3 Å². The third-order valence-corrected chi connectivity index (χ3v) is 5.50. The number of hydrogen-bond donors (Lipinski definition) is 2. The second-order valence-electron chi connectivity index (χ2n) is 7.44. The monoisotopic (exact) mass is 367 g/mol. The fraction of sp³-hybridized carbons (Fsp3) is 0.450. The summed E-state index contributed by atoms with van der Waals surface area (Å²) >= 11 is 0. The van der Waals surface area contributed by atoms with Crippen LogP contribution in [-0.2, 0) is 16.6 Å². The van der Waals surface area contributed by atoms with E-state index in [1.807, 2.05) is 36.3 Å². The van der Waals surface area contributed by atoms with Gasteiger partial charge in [0.2, 0.25) is 11.8 Å². The smallest absolute Gasteiger partial charge is 0.242 e. The van der Waals surface area contributed by atoms with Gasteiger partial charge in [-0.15, -0.1) is 0 Å². The minimum absolute atomic E-state index is 0.124. The molecule has 1 saturated heterocycles. The molecule has 2 amide bonds. The third kappa shape index (κ3) is 3.60. The van der Waals surface area contributed by atoms with Gasteiger partial charge >= 0.3 is 0 Å². The Bertz CT molecular complexity index is 834. The van der Waals surface area contributed by atoms with Crippen LogP contribution < -0.4 is 10.6 Å². The van der Waals surface area contributed by atoms with Gasteiger partial charge in [-0.1, -0.05) is 30.3 Å². The van der Waals surface area contributed by atoms with Crippen molar-refractivity contribution in [3.05, 3.63) is 53.9 Å². The molecule has 2 heterocycles. The molecule has 1 aromatic heterocycles. The number of benzene rings is 1. The van der Waals surface area contributed by atoms with Gasteiger partial charge in [0.25, 0.3) is 0 Å². The van der Waals surface area contributed by atoms with Gasteiger partial charge in [-0.05, 0) is 19.0 Å². The SMILES string of the molecule is CNC(C(=O)NC1CC(=O)N(C2CC2c2ccccc2)C1)c1cnn(C)c1. The molecule has 1 saturated carbocycles. The Morgan fingerprint density at radius 2 is 2.07 bits per heavy atom. The number of nitrogens with zero attached hydrogens (tertiary/aromatic N) is 3. The highest BCUT2D eigenvalue weighted by Gasteiger charge is 2.48. The molecule has 2 fully saturated rings. The van der Waals surface area contributed by atoms with Crippen molar-refractivity contribution in [2.24, 2.45) is 7.05 Å². The zero-order valence-electron chi connectivity index (χ0n) is 15.6. The molecule has 2 aliphatic rings. The van der Waals surface area contributed by atoms with E-state index in [9.17, 15) is 9.59 Å². The average molecular weight is 367 g/mol. The van der Waals surface area contributed by atoms with E-state index in [0.29, 0.717) is 18.9 Å². The van der Waals surface area contributed by atoms with E-state index in [1.54, 1.807) is 17.9 Å². The molecule has 2 N–H and O–H groups in total. The van der Waals surface area contributed by atoms with Gasteiger partial charge in [-0.3, -0.25) is 14.3 Å². The number of aryl methyl sites for hydroxylation is 1. The van der Waals surface area contributed by atoms with Gasteiger partial charge in [0.05, 0.1) is 12.2 Å². The van der Waals surface area contributed by atoms with Crippen LogP contribution in [0.2, 0.25) is 0 Å². The first kappa shape index (κ1) is 17.7. The van der Waals surface area contributed by atoms with E-state index in [0.717, 1.165) is 12.0 Å². The Morgan fingerprint density at radius 1 is 1.30 bits per heavy atom. The Kier molecular flexibility index (Phi) is 4.70. The van der Waals surface area contributed by atoms with Crippen molar-refractivity contribution in [2.75, 3.05) is 13.6 Å². The molecule has 0 radical (unpaired) electrons. The molecule has 4 rings (SSSR count). The number of carbonyl (C=O) groups is 2. The van der Waals surface area contributed by atoms with Crippen molar-refractivity contribution in [3.8, 4) is 0 Å². The summed E-state index contributed by atoms with van der Waals surface area (Å²) < 4.78 is 1.67. The van der Waals surface area contributed by atoms with Crippen molar-refractivity contribution >= 4 is 11.8 Å². The average Bonchev–Trinajstić information content (AvgIpc) is 3.21. The summed E-state index contributed by atoms with van der Waals surface area (Å²) in [6, 6.07) is 9.97. The number of nitrogens with one attached hydrogen (secondary N) is 2. The minimum atomic E-state index is -0.471. The van der Waals surface area contributed by atoms with E-state index < -0.39 is 6.04 Å². The molecule has 142 valence electrons. The lowest BCUT2D eigenvalue weighted by molar-refractivity contribution is -0.128. The summed E-state index contributed by atoms with van der Waals surface area (Å²) in [6.45, 7) is 0.585. The van der Waals surface area contributed by atoms with Crippen LogP contribution in [0.3, 0.4) is 0 Å². The maximum absolute atomic E-state index is 12.7. The third-order valence-electron chi connectivity index (χ3n) is 5.50. The van der Waals surface area contributed by atoms with Crippen LogP contribution in [0.4, 0.5) is 0 Å². The Labute approximate surface area is 158 Å². The molecule has 2 aromatic rings. The number of rotatable bonds is 6. The predicted octanol–water partition coefficient (Wildman–Crippen LogP) is 0.954. The van der Waals surface area contributed by atoms with Crippen molar-refractivity contribution in [2.45, 2.75) is 36.9 Å². The number of likely N-dealkylation sites (tertiary alicyclic amines) is 1. The second-order valence-corrected chi connectivity index (χ2v) is 7.44. The summed E-state index contributed by atoms with van der Waals surface area (Å²) in [7, 11) is 3.57. The molecule has 1 aliphatic heterocycles. The summed E-state index contributed by atoms with van der Waals surface area (Å²) in [6.07, 6.45) is 4.88. The maximum atomic E-state index is 12.7. The number of hydrogen-bond acceptors (Lipinski definition) is 4. The van der Waals surface area contributed by atoms with Crippen LogP contribution >= 0.6 is 0 Å². The molecule has 7 nitrogen and oxygen atoms in total. The highest BCUT2D eigenvalue weighted by atomic mass is 16.2. The van der Waals surface area contributed by atoms with Crippen LogP contribution in [0, 0.1) is 0 Å². The molecule has 4 unspecified atom stereocenters. The molecule has 0 spiro atoms. The molecule has 27 heavy (non-hydrogen) atoms. The number of aromatic nitrogens is 2. The molecule has 4 atom stereocenters. The fourth-order valence-electron chi connectivity index (χ4n) is 4.06. The van der Waals surface area contributed by atoms with Gasteiger partial charge in [0.1, 0.15) is 6.04 Å². The standard InChI is InChI=1S/C20H25N5O2/c1-21-19(14-10-22-24(2)11-14)20(27)23-15-8-18(26)25(12-15)17-9-16(17)13-6-4-3-5-7-13/h3-7,10-11,15-17,19,21H,8-9,12H2,1-2H3,(H,23,27). The van der Waals surface area contributed by atoms with Gasteiger partial charge in [-0.2, -0.15) is 5.10 Å². The zero-order chi connectivity index (χ0) is 19.0. The quantitative estimate of drug-likeness (QED) is 0.797. The van der Waals surface area contributed by atoms with E-state index in [1.165, 1.54) is 5.56 Å². The van der Waals surface area contributed by atoms with E-state index in [-0.39, 0.29) is 23.9 Å². The summed E-state index contributed by atoms with van der Waals surface area (Å²) in [5.74, 6) is 0.428. The highest BCUT2D eigenvalue weighted by Crippen LogP contribution is 2.45. The first-order valence-electron chi connectivity index (χ1n) is 9.37. The Morgan fingerprint density at radius 3 is 2.74 bits per heavy atom. The lowest BCUT2D eigenvalue weighted by Gasteiger charge is -2.20. The van der Waals surface area contributed by atoms with Crippen LogP contribution in [0.1, 0.15) is 35.9 Å². The first-order valence-corrected chi connectivity index (χ1v) is 9.37. The van der Waals surface area contributed by atoms with Crippen LogP contribution in [0.25, 0.3) is 0 Å². The largest absolute Gasteiger partial charge is 0.349 e. The second kappa shape index (κ2) is 7.15. The molecule has 1 aliphatic carbocycles. The van der Waals surface area contributed by atoms with Crippen molar-refractivity contribution in [3.63, 3.8) is 0 Å². The minimum Gasteiger partial charge on any atom is -0.349 e.